The Balaban J connectivity index is 1.97. The Hall–Kier alpha value is -2.45. The van der Waals surface area contributed by atoms with Crippen molar-refractivity contribution in [2.75, 3.05) is 13.2 Å². The molecule has 0 saturated carbocycles. The number of hydrazone groups is 1. The maximum absolute atomic E-state index is 12.1. The van der Waals surface area contributed by atoms with Crippen molar-refractivity contribution in [3.05, 3.63) is 53.5 Å². The van der Waals surface area contributed by atoms with Gasteiger partial charge in [-0.15, -0.1) is 4.40 Å². The zero-order valence-electron chi connectivity index (χ0n) is 12.4. The first-order chi connectivity index (χ1) is 11.0. The number of aliphatic hydroxyl groups excluding tert-OH is 1. The van der Waals surface area contributed by atoms with Crippen molar-refractivity contribution in [3.8, 4) is 0 Å². The monoisotopic (exact) mass is 333 g/mol. The molecular weight excluding hydrogens is 318 g/mol. The van der Waals surface area contributed by atoms with E-state index in [1.54, 1.807) is 30.3 Å². The molecule has 8 heteroatoms. The van der Waals surface area contributed by atoms with Crippen molar-refractivity contribution in [1.29, 1.82) is 0 Å². The molecular formula is C15H15N3O4S. The summed E-state index contributed by atoms with van der Waals surface area (Å²) in [6.45, 7) is 1.72. The Morgan fingerprint density at radius 3 is 2.78 bits per heavy atom. The third-order valence-electron chi connectivity index (χ3n) is 3.25. The molecule has 1 aliphatic heterocycles. The molecule has 1 aromatic carbocycles. The summed E-state index contributed by atoms with van der Waals surface area (Å²) in [5.41, 5.74) is 0.466. The second kappa shape index (κ2) is 5.98. The minimum atomic E-state index is -3.73. The van der Waals surface area contributed by atoms with Gasteiger partial charge in [0.05, 0.1) is 19.4 Å². The van der Waals surface area contributed by atoms with Gasteiger partial charge in [-0.2, -0.15) is 13.5 Å². The van der Waals surface area contributed by atoms with Crippen LogP contribution in [0.25, 0.3) is 0 Å². The number of fused-ring (bicyclic) bond motifs is 1. The first-order valence-corrected chi connectivity index (χ1v) is 8.38. The molecule has 23 heavy (non-hydrogen) atoms. The van der Waals surface area contributed by atoms with E-state index in [1.807, 2.05) is 6.92 Å². The number of hydrogen-bond acceptors (Lipinski definition) is 6. The fourth-order valence-electron chi connectivity index (χ4n) is 2.24. The lowest BCUT2D eigenvalue weighted by Crippen LogP contribution is -2.28. The largest absolute Gasteiger partial charge is 0.460 e. The maximum atomic E-state index is 12.1. The molecule has 7 nitrogen and oxygen atoms in total. The fraction of sp³-hybridized carbons (Fsp3) is 0.200. The summed E-state index contributed by atoms with van der Waals surface area (Å²) < 4.78 is 33.4. The van der Waals surface area contributed by atoms with Crippen LogP contribution in [0.3, 0.4) is 0 Å². The van der Waals surface area contributed by atoms with Crippen LogP contribution in [0.2, 0.25) is 0 Å². The standard InChI is InChI=1S/C15H15N3O4S/c1-11-6-7-12(22-11)10-16-18(8-9-19)15-13-4-2-3-5-14(13)23(20,21)17-15/h2-7,10,19H,8-9H2,1H3/b16-10+. The van der Waals surface area contributed by atoms with E-state index in [0.717, 1.165) is 5.76 Å². The molecule has 0 spiro atoms. The van der Waals surface area contributed by atoms with E-state index in [4.69, 9.17) is 4.42 Å². The molecule has 2 aromatic rings. The average Bonchev–Trinajstić information content (AvgIpc) is 3.06. The zero-order chi connectivity index (χ0) is 16.4. The lowest BCUT2D eigenvalue weighted by Gasteiger charge is -2.17. The highest BCUT2D eigenvalue weighted by Gasteiger charge is 2.31. The van der Waals surface area contributed by atoms with Crippen molar-refractivity contribution in [1.82, 2.24) is 5.01 Å². The third-order valence-corrected chi connectivity index (χ3v) is 4.58. The highest BCUT2D eigenvalue weighted by atomic mass is 32.2. The van der Waals surface area contributed by atoms with Gasteiger partial charge in [-0.05, 0) is 31.2 Å². The molecule has 0 aliphatic carbocycles. The molecule has 0 atom stereocenters. The Labute approximate surface area is 133 Å². The van der Waals surface area contributed by atoms with Gasteiger partial charge < -0.3 is 9.52 Å². The van der Waals surface area contributed by atoms with Crippen LogP contribution >= 0.6 is 0 Å². The van der Waals surface area contributed by atoms with Gasteiger partial charge in [-0.25, -0.2) is 5.01 Å². The number of sulfonamides is 1. The topological polar surface area (TPSA) is 95.5 Å². The van der Waals surface area contributed by atoms with Gasteiger partial charge in [0.15, 0.2) is 5.84 Å². The first kappa shape index (κ1) is 15.4. The van der Waals surface area contributed by atoms with Gasteiger partial charge in [0.2, 0.25) is 0 Å². The second-order valence-corrected chi connectivity index (χ2v) is 6.50. The normalized spacial score (nSPS) is 15.7. The summed E-state index contributed by atoms with van der Waals surface area (Å²) in [4.78, 5) is 0.141. The van der Waals surface area contributed by atoms with E-state index in [0.29, 0.717) is 11.3 Å². The van der Waals surface area contributed by atoms with E-state index in [-0.39, 0.29) is 23.9 Å². The summed E-state index contributed by atoms with van der Waals surface area (Å²) in [6, 6.07) is 10.1. The zero-order valence-corrected chi connectivity index (χ0v) is 13.2. The average molecular weight is 333 g/mol. The quantitative estimate of drug-likeness (QED) is 0.673. The SMILES string of the molecule is Cc1ccc(/C=N/N(CCO)C2=NS(=O)(=O)c3ccccc32)o1. The summed E-state index contributed by atoms with van der Waals surface area (Å²) in [5.74, 6) is 1.46. The van der Waals surface area contributed by atoms with Gasteiger partial charge in [-0.3, -0.25) is 0 Å². The highest BCUT2D eigenvalue weighted by Crippen LogP contribution is 2.27. The Morgan fingerprint density at radius 1 is 1.30 bits per heavy atom. The number of hydrogen-bond donors (Lipinski definition) is 1. The number of rotatable bonds is 4. The number of amidine groups is 1. The van der Waals surface area contributed by atoms with Gasteiger partial charge >= 0.3 is 0 Å². The van der Waals surface area contributed by atoms with Crippen LogP contribution in [0.4, 0.5) is 0 Å². The Bertz CT molecular complexity index is 884. The van der Waals surface area contributed by atoms with Crippen molar-refractivity contribution in [2.45, 2.75) is 11.8 Å². The summed E-state index contributed by atoms with van der Waals surface area (Å²) in [7, 11) is -3.73. The van der Waals surface area contributed by atoms with E-state index >= 15 is 0 Å². The fourth-order valence-corrected chi connectivity index (χ4v) is 3.44. The summed E-state index contributed by atoms with van der Waals surface area (Å²) in [6.07, 6.45) is 1.46. The maximum Gasteiger partial charge on any atom is 0.285 e. The molecule has 120 valence electrons. The predicted octanol–water partition coefficient (Wildman–Crippen LogP) is 1.37. The van der Waals surface area contributed by atoms with Crippen molar-refractivity contribution in [2.24, 2.45) is 9.50 Å². The number of furan rings is 1. The summed E-state index contributed by atoms with van der Waals surface area (Å²) in [5, 5.41) is 14.8. The molecule has 1 N–H and O–H groups in total. The van der Waals surface area contributed by atoms with Crippen molar-refractivity contribution >= 4 is 22.1 Å². The lowest BCUT2D eigenvalue weighted by atomic mass is 10.2. The lowest BCUT2D eigenvalue weighted by molar-refractivity contribution is 0.253. The minimum absolute atomic E-state index is 0.110. The second-order valence-electron chi connectivity index (χ2n) is 4.93. The molecule has 0 bridgehead atoms. The van der Waals surface area contributed by atoms with E-state index in [1.165, 1.54) is 17.3 Å². The molecule has 0 radical (unpaired) electrons. The molecule has 0 saturated heterocycles. The molecule has 3 rings (SSSR count). The van der Waals surface area contributed by atoms with Gasteiger partial charge in [0.1, 0.15) is 16.4 Å². The summed E-state index contributed by atoms with van der Waals surface area (Å²) >= 11 is 0. The van der Waals surface area contributed by atoms with Gasteiger partial charge in [0, 0.05) is 5.56 Å². The number of aliphatic hydroxyl groups is 1. The van der Waals surface area contributed by atoms with E-state index in [9.17, 15) is 13.5 Å². The van der Waals surface area contributed by atoms with Crippen LogP contribution in [0.1, 0.15) is 17.1 Å². The van der Waals surface area contributed by atoms with Crippen LogP contribution in [0.5, 0.6) is 0 Å². The Morgan fingerprint density at radius 2 is 2.09 bits per heavy atom. The Kier molecular flexibility index (Phi) is 4.01. The van der Waals surface area contributed by atoms with E-state index in [2.05, 4.69) is 9.50 Å². The van der Waals surface area contributed by atoms with Crippen LogP contribution in [0, 0.1) is 6.92 Å². The van der Waals surface area contributed by atoms with Gasteiger partial charge in [-0.1, -0.05) is 12.1 Å². The van der Waals surface area contributed by atoms with Crippen LogP contribution in [0.15, 0.2) is 55.2 Å². The van der Waals surface area contributed by atoms with Crippen molar-refractivity contribution in [3.63, 3.8) is 0 Å². The predicted molar refractivity (Wildman–Crippen MR) is 85.0 cm³/mol. The molecule has 0 unspecified atom stereocenters. The van der Waals surface area contributed by atoms with Crippen molar-refractivity contribution < 1.29 is 17.9 Å². The highest BCUT2D eigenvalue weighted by molar-refractivity contribution is 7.90. The van der Waals surface area contributed by atoms with E-state index < -0.39 is 10.0 Å². The van der Waals surface area contributed by atoms with Crippen LogP contribution in [-0.2, 0) is 10.0 Å². The minimum Gasteiger partial charge on any atom is -0.460 e. The molecule has 2 heterocycles. The molecule has 0 fully saturated rings. The molecule has 1 aliphatic rings. The molecule has 1 aromatic heterocycles. The van der Waals surface area contributed by atoms with Gasteiger partial charge in [0.25, 0.3) is 10.0 Å². The number of nitrogens with zero attached hydrogens (tertiary/aromatic N) is 3. The first-order valence-electron chi connectivity index (χ1n) is 6.94. The smallest absolute Gasteiger partial charge is 0.285 e. The number of aryl methyl sites for hydroxylation is 1. The molecule has 0 amide bonds. The van der Waals surface area contributed by atoms with Crippen LogP contribution in [-0.4, -0.2) is 43.7 Å². The van der Waals surface area contributed by atoms with Crippen LogP contribution < -0.4 is 0 Å². The third kappa shape index (κ3) is 3.03. The number of benzene rings is 1.